The lowest BCUT2D eigenvalue weighted by molar-refractivity contribution is -0.125. The van der Waals surface area contributed by atoms with Gasteiger partial charge in [-0.2, -0.15) is 4.31 Å². The maximum absolute atomic E-state index is 12.5. The summed E-state index contributed by atoms with van der Waals surface area (Å²) in [5, 5.41) is 0. The summed E-state index contributed by atoms with van der Waals surface area (Å²) in [6, 6.07) is 14.1. The molecule has 0 N–H and O–H groups in total. The van der Waals surface area contributed by atoms with Crippen molar-refractivity contribution >= 4 is 22.0 Å². The second-order valence-electron chi connectivity index (χ2n) is 6.50. The monoisotopic (exact) mass is 416 g/mol. The average molecular weight is 417 g/mol. The molecule has 0 atom stereocenters. The van der Waals surface area contributed by atoms with E-state index in [9.17, 15) is 13.2 Å². The molecule has 156 valence electrons. The van der Waals surface area contributed by atoms with Crippen molar-refractivity contribution in [2.45, 2.75) is 25.3 Å². The first-order chi connectivity index (χ1) is 13.8. The average Bonchev–Trinajstić information content (AvgIpc) is 2.73. The van der Waals surface area contributed by atoms with Gasteiger partial charge in [0.2, 0.25) is 15.9 Å². The molecular weight excluding hydrogens is 388 g/mol. The SMILES string of the molecule is CCN(CC)S(=O)(=O)c1ccc(/C=C/C(=O)N(C)Cc2ccccc2OC)cc1. The molecule has 0 unspecified atom stereocenters. The van der Waals surface area contributed by atoms with Gasteiger partial charge in [0.25, 0.3) is 0 Å². The molecule has 1 amide bonds. The van der Waals surface area contributed by atoms with Crippen LogP contribution in [0.4, 0.5) is 0 Å². The van der Waals surface area contributed by atoms with Gasteiger partial charge in [-0.3, -0.25) is 4.79 Å². The van der Waals surface area contributed by atoms with Crippen LogP contribution in [0.1, 0.15) is 25.0 Å². The van der Waals surface area contributed by atoms with Crippen molar-refractivity contribution < 1.29 is 17.9 Å². The quantitative estimate of drug-likeness (QED) is 0.588. The summed E-state index contributed by atoms with van der Waals surface area (Å²) in [6.07, 6.45) is 3.15. The summed E-state index contributed by atoms with van der Waals surface area (Å²) in [7, 11) is -0.159. The maximum atomic E-state index is 12.5. The fourth-order valence-corrected chi connectivity index (χ4v) is 4.38. The molecule has 0 aliphatic rings. The molecule has 7 heteroatoms. The number of hydrogen-bond donors (Lipinski definition) is 0. The molecule has 0 aliphatic heterocycles. The van der Waals surface area contributed by atoms with Crippen LogP contribution in [0.3, 0.4) is 0 Å². The lowest BCUT2D eigenvalue weighted by Crippen LogP contribution is -2.30. The van der Waals surface area contributed by atoms with E-state index in [1.807, 2.05) is 38.1 Å². The lowest BCUT2D eigenvalue weighted by Gasteiger charge is -2.18. The van der Waals surface area contributed by atoms with E-state index in [2.05, 4.69) is 0 Å². The third-order valence-electron chi connectivity index (χ3n) is 4.62. The number of likely N-dealkylation sites (N-methyl/N-ethyl adjacent to an activating group) is 1. The summed E-state index contributed by atoms with van der Waals surface area (Å²) in [5.74, 6) is 0.580. The van der Waals surface area contributed by atoms with Gasteiger partial charge in [0.15, 0.2) is 0 Å². The summed E-state index contributed by atoms with van der Waals surface area (Å²) in [5.41, 5.74) is 1.67. The molecule has 0 spiro atoms. The zero-order valence-corrected chi connectivity index (χ0v) is 18.1. The van der Waals surface area contributed by atoms with Crippen molar-refractivity contribution in [1.29, 1.82) is 0 Å². The second-order valence-corrected chi connectivity index (χ2v) is 8.44. The van der Waals surface area contributed by atoms with Crippen molar-refractivity contribution in [2.75, 3.05) is 27.2 Å². The van der Waals surface area contributed by atoms with E-state index in [4.69, 9.17) is 4.74 Å². The van der Waals surface area contributed by atoms with Gasteiger partial charge in [-0.15, -0.1) is 0 Å². The Kier molecular flexibility index (Phi) is 7.99. The summed E-state index contributed by atoms with van der Waals surface area (Å²) in [6.45, 7) is 4.89. The fraction of sp³-hybridized carbons (Fsp3) is 0.318. The van der Waals surface area contributed by atoms with Crippen molar-refractivity contribution in [3.05, 3.63) is 65.7 Å². The van der Waals surface area contributed by atoms with Crippen molar-refractivity contribution in [3.63, 3.8) is 0 Å². The third-order valence-corrected chi connectivity index (χ3v) is 6.68. The molecule has 29 heavy (non-hydrogen) atoms. The smallest absolute Gasteiger partial charge is 0.246 e. The Morgan fingerprint density at radius 2 is 1.66 bits per heavy atom. The molecule has 0 radical (unpaired) electrons. The lowest BCUT2D eigenvalue weighted by atomic mass is 10.2. The number of methoxy groups -OCH3 is 1. The number of sulfonamides is 1. The van der Waals surface area contributed by atoms with Gasteiger partial charge >= 0.3 is 0 Å². The van der Waals surface area contributed by atoms with Gasteiger partial charge in [0.1, 0.15) is 5.75 Å². The van der Waals surface area contributed by atoms with Crippen LogP contribution in [0.5, 0.6) is 5.75 Å². The predicted molar refractivity (Wildman–Crippen MR) is 115 cm³/mol. The van der Waals surface area contributed by atoms with Crippen molar-refractivity contribution in [2.24, 2.45) is 0 Å². The zero-order chi connectivity index (χ0) is 21.4. The van der Waals surface area contributed by atoms with E-state index >= 15 is 0 Å². The molecule has 2 aromatic rings. The number of hydrogen-bond acceptors (Lipinski definition) is 4. The van der Waals surface area contributed by atoms with Crippen LogP contribution in [-0.4, -0.2) is 50.8 Å². The van der Waals surface area contributed by atoms with E-state index in [1.165, 1.54) is 10.4 Å². The summed E-state index contributed by atoms with van der Waals surface area (Å²) < 4.78 is 31.8. The zero-order valence-electron chi connectivity index (χ0n) is 17.3. The molecule has 0 aliphatic carbocycles. The minimum absolute atomic E-state index is 0.157. The highest BCUT2D eigenvalue weighted by Gasteiger charge is 2.21. The highest BCUT2D eigenvalue weighted by molar-refractivity contribution is 7.89. The van der Waals surface area contributed by atoms with Crippen LogP contribution in [0.15, 0.2) is 59.5 Å². The molecule has 2 aromatic carbocycles. The highest BCUT2D eigenvalue weighted by Crippen LogP contribution is 2.19. The molecule has 2 rings (SSSR count). The maximum Gasteiger partial charge on any atom is 0.246 e. The van der Waals surface area contributed by atoms with Gasteiger partial charge in [0, 0.05) is 38.3 Å². The van der Waals surface area contributed by atoms with Gasteiger partial charge in [0.05, 0.1) is 12.0 Å². The Labute approximate surface area is 173 Å². The molecule has 0 fully saturated rings. The molecule has 0 heterocycles. The number of carbonyl (C=O) groups excluding carboxylic acids is 1. The van der Waals surface area contributed by atoms with Gasteiger partial charge in [-0.1, -0.05) is 44.2 Å². The Morgan fingerprint density at radius 1 is 1.03 bits per heavy atom. The number of para-hydroxylation sites is 1. The van der Waals surface area contributed by atoms with E-state index < -0.39 is 10.0 Å². The number of rotatable bonds is 9. The van der Waals surface area contributed by atoms with E-state index in [0.29, 0.717) is 19.6 Å². The van der Waals surface area contributed by atoms with Crippen LogP contribution in [0.2, 0.25) is 0 Å². The van der Waals surface area contributed by atoms with Gasteiger partial charge in [-0.25, -0.2) is 8.42 Å². The van der Waals surface area contributed by atoms with Crippen LogP contribution in [-0.2, 0) is 21.4 Å². The van der Waals surface area contributed by atoms with E-state index in [0.717, 1.165) is 16.9 Å². The predicted octanol–water partition coefficient (Wildman–Crippen LogP) is 3.40. The van der Waals surface area contributed by atoms with Crippen molar-refractivity contribution in [3.8, 4) is 5.75 Å². The van der Waals surface area contributed by atoms with Crippen LogP contribution >= 0.6 is 0 Å². The van der Waals surface area contributed by atoms with Gasteiger partial charge in [-0.05, 0) is 29.8 Å². The Hall–Kier alpha value is -2.64. The molecule has 0 saturated carbocycles. The number of nitrogens with zero attached hydrogens (tertiary/aromatic N) is 2. The van der Waals surface area contributed by atoms with Crippen molar-refractivity contribution in [1.82, 2.24) is 9.21 Å². The van der Waals surface area contributed by atoms with Gasteiger partial charge < -0.3 is 9.64 Å². The van der Waals surface area contributed by atoms with Crippen LogP contribution in [0, 0.1) is 0 Å². The molecule has 6 nitrogen and oxygen atoms in total. The standard InChI is InChI=1S/C22H28N2O4S/c1-5-24(6-2)29(26,27)20-14-11-18(12-15-20)13-16-22(25)23(3)17-19-9-7-8-10-21(19)28-4/h7-16H,5-6,17H2,1-4H3/b16-13+. The third kappa shape index (κ3) is 5.68. The Morgan fingerprint density at radius 3 is 2.24 bits per heavy atom. The number of benzene rings is 2. The number of carbonyl (C=O) groups is 1. The minimum atomic E-state index is -3.48. The summed E-state index contributed by atoms with van der Waals surface area (Å²) in [4.78, 5) is 14.2. The first kappa shape index (κ1) is 22.6. The molecular formula is C22H28N2O4S. The fourth-order valence-electron chi connectivity index (χ4n) is 2.93. The van der Waals surface area contributed by atoms with E-state index in [1.54, 1.807) is 49.4 Å². The van der Waals surface area contributed by atoms with E-state index in [-0.39, 0.29) is 10.8 Å². The Bertz CT molecular complexity index is 949. The second kappa shape index (κ2) is 10.2. The number of ether oxygens (including phenoxy) is 1. The molecule has 0 aromatic heterocycles. The molecule has 0 saturated heterocycles. The minimum Gasteiger partial charge on any atom is -0.496 e. The highest BCUT2D eigenvalue weighted by atomic mass is 32.2. The first-order valence-electron chi connectivity index (χ1n) is 9.48. The molecule has 0 bridgehead atoms. The largest absolute Gasteiger partial charge is 0.496 e. The van der Waals surface area contributed by atoms with Crippen LogP contribution < -0.4 is 4.74 Å². The van der Waals surface area contributed by atoms with Crippen LogP contribution in [0.25, 0.3) is 6.08 Å². The summed E-state index contributed by atoms with van der Waals surface area (Å²) >= 11 is 0. The first-order valence-corrected chi connectivity index (χ1v) is 10.9. The normalized spacial score (nSPS) is 11.8. The Balaban J connectivity index is 2.06. The topological polar surface area (TPSA) is 66.9 Å². The number of amides is 1.